The van der Waals surface area contributed by atoms with Crippen molar-refractivity contribution in [2.24, 2.45) is 0 Å². The van der Waals surface area contributed by atoms with Crippen molar-refractivity contribution in [2.45, 2.75) is 50.9 Å². The Morgan fingerprint density at radius 1 is 1.18 bits per heavy atom. The summed E-state index contributed by atoms with van der Waals surface area (Å²) in [6.45, 7) is -0.529. The predicted octanol–water partition coefficient (Wildman–Crippen LogP) is 3.40. The summed E-state index contributed by atoms with van der Waals surface area (Å²) in [4.78, 5) is 29.8. The van der Waals surface area contributed by atoms with Crippen molar-refractivity contribution in [3.63, 3.8) is 0 Å². The standard InChI is InChI=1S/C22H23ClF3N3O4/c23-16-4-2-14(3-5-16)19-12-29-20(33)15(10-17(31)6-7-18(32)13-30)11-28(21(29)27-19)9-1-8-22(24,25)26/h2-5,11-12,18,30,32H,1,6-10,13H2. The quantitative estimate of drug-likeness (QED) is 0.459. The molecule has 0 fully saturated rings. The molecule has 0 bridgehead atoms. The molecule has 33 heavy (non-hydrogen) atoms. The van der Waals surface area contributed by atoms with Crippen molar-refractivity contribution >= 4 is 23.2 Å². The lowest BCUT2D eigenvalue weighted by molar-refractivity contribution is -0.135. The van der Waals surface area contributed by atoms with Crippen LogP contribution in [-0.2, 0) is 17.8 Å². The number of ketones is 1. The highest BCUT2D eigenvalue weighted by Gasteiger charge is 2.26. The number of aromatic nitrogens is 3. The fourth-order valence-electron chi connectivity index (χ4n) is 3.39. The number of hydrogen-bond donors (Lipinski definition) is 2. The van der Waals surface area contributed by atoms with Gasteiger partial charge in [-0.2, -0.15) is 13.2 Å². The molecule has 0 radical (unpaired) electrons. The average Bonchev–Trinajstić information content (AvgIpc) is 3.20. The largest absolute Gasteiger partial charge is 0.394 e. The van der Waals surface area contributed by atoms with E-state index in [1.165, 1.54) is 21.4 Å². The first-order chi connectivity index (χ1) is 15.6. The van der Waals surface area contributed by atoms with E-state index in [1.807, 2.05) is 0 Å². The molecule has 0 saturated heterocycles. The molecule has 2 N–H and O–H groups in total. The highest BCUT2D eigenvalue weighted by molar-refractivity contribution is 6.30. The number of aliphatic hydroxyl groups excluding tert-OH is 2. The minimum atomic E-state index is -4.31. The van der Waals surface area contributed by atoms with Crippen molar-refractivity contribution in [2.75, 3.05) is 6.61 Å². The summed E-state index contributed by atoms with van der Waals surface area (Å²) < 4.78 is 40.6. The normalized spacial score (nSPS) is 12.9. The number of hydrogen-bond acceptors (Lipinski definition) is 5. The van der Waals surface area contributed by atoms with Crippen molar-refractivity contribution < 1.29 is 28.2 Å². The summed E-state index contributed by atoms with van der Waals surface area (Å²) in [5.41, 5.74) is 0.710. The summed E-state index contributed by atoms with van der Waals surface area (Å²) in [5, 5.41) is 18.8. The molecule has 1 atom stereocenters. The Bertz CT molecular complexity index is 1170. The molecule has 0 aliphatic carbocycles. The van der Waals surface area contributed by atoms with E-state index in [0.29, 0.717) is 16.3 Å². The van der Waals surface area contributed by atoms with E-state index in [0.717, 1.165) is 0 Å². The second-order valence-electron chi connectivity index (χ2n) is 7.77. The Kier molecular flexibility index (Phi) is 7.93. The molecule has 2 aromatic heterocycles. The lowest BCUT2D eigenvalue weighted by atomic mass is 10.1. The first-order valence-corrected chi connectivity index (χ1v) is 10.7. The Balaban J connectivity index is 1.96. The van der Waals surface area contributed by atoms with Crippen LogP contribution in [-0.4, -0.2) is 48.8 Å². The molecule has 0 amide bonds. The summed E-state index contributed by atoms with van der Waals surface area (Å²) in [5.74, 6) is -0.169. The number of imidazole rings is 1. The number of rotatable bonds is 10. The highest BCUT2D eigenvalue weighted by Crippen LogP contribution is 2.23. The van der Waals surface area contributed by atoms with E-state index in [4.69, 9.17) is 16.7 Å². The van der Waals surface area contributed by atoms with Gasteiger partial charge >= 0.3 is 6.18 Å². The molecule has 178 valence electrons. The number of nitrogens with zero attached hydrogens (tertiary/aromatic N) is 3. The smallest absolute Gasteiger partial charge is 0.389 e. The van der Waals surface area contributed by atoms with Crippen LogP contribution in [0.15, 0.2) is 41.5 Å². The van der Waals surface area contributed by atoms with Crippen LogP contribution in [0, 0.1) is 0 Å². The van der Waals surface area contributed by atoms with Crippen LogP contribution in [0.2, 0.25) is 5.02 Å². The number of carbonyl (C=O) groups excluding carboxylic acids is 1. The average molecular weight is 486 g/mol. The number of aryl methyl sites for hydroxylation is 1. The molecule has 3 aromatic rings. The van der Waals surface area contributed by atoms with Gasteiger partial charge in [0.2, 0.25) is 5.78 Å². The monoisotopic (exact) mass is 485 g/mol. The van der Waals surface area contributed by atoms with Crippen molar-refractivity contribution in [3.05, 3.63) is 57.6 Å². The minimum absolute atomic E-state index is 0.0448. The van der Waals surface area contributed by atoms with Gasteiger partial charge < -0.3 is 14.8 Å². The lowest BCUT2D eigenvalue weighted by Crippen LogP contribution is -2.24. The first-order valence-electron chi connectivity index (χ1n) is 10.3. The topological polar surface area (TPSA) is 96.8 Å². The molecule has 7 nitrogen and oxygen atoms in total. The molecule has 11 heteroatoms. The van der Waals surface area contributed by atoms with Gasteiger partial charge in [-0.3, -0.25) is 14.0 Å². The Hall–Kier alpha value is -2.69. The molecule has 0 aliphatic rings. The van der Waals surface area contributed by atoms with Crippen molar-refractivity contribution in [3.8, 4) is 11.3 Å². The van der Waals surface area contributed by atoms with Crippen molar-refractivity contribution in [1.29, 1.82) is 0 Å². The van der Waals surface area contributed by atoms with Gasteiger partial charge in [0.05, 0.1) is 18.4 Å². The number of carbonyl (C=O) groups is 1. The third kappa shape index (κ3) is 6.66. The Labute approximate surface area is 192 Å². The minimum Gasteiger partial charge on any atom is -0.394 e. The molecule has 0 aliphatic heterocycles. The zero-order chi connectivity index (χ0) is 24.2. The zero-order valence-corrected chi connectivity index (χ0v) is 18.3. The molecular weight excluding hydrogens is 463 g/mol. The molecule has 0 saturated carbocycles. The van der Waals surface area contributed by atoms with Gasteiger partial charge in [0.25, 0.3) is 5.56 Å². The second kappa shape index (κ2) is 10.5. The van der Waals surface area contributed by atoms with E-state index in [1.54, 1.807) is 24.3 Å². The van der Waals surface area contributed by atoms with E-state index in [9.17, 15) is 27.9 Å². The Morgan fingerprint density at radius 3 is 2.52 bits per heavy atom. The number of halogens is 4. The van der Waals surface area contributed by atoms with E-state index in [2.05, 4.69) is 4.98 Å². The number of Topliss-reactive ketones (excluding diaryl/α,β-unsaturated/α-hetero) is 1. The van der Waals surface area contributed by atoms with Gasteiger partial charge in [0.1, 0.15) is 5.78 Å². The van der Waals surface area contributed by atoms with Crippen molar-refractivity contribution in [1.82, 2.24) is 14.0 Å². The summed E-state index contributed by atoms with van der Waals surface area (Å²) in [7, 11) is 0. The first kappa shape index (κ1) is 24.9. The molecule has 2 heterocycles. The van der Waals surface area contributed by atoms with Gasteiger partial charge in [-0.25, -0.2) is 4.98 Å². The molecule has 0 spiro atoms. The summed E-state index contributed by atoms with van der Waals surface area (Å²) in [6.07, 6.45) is -3.98. The summed E-state index contributed by atoms with van der Waals surface area (Å²) in [6, 6.07) is 6.72. The number of alkyl halides is 3. The number of benzene rings is 1. The predicted molar refractivity (Wildman–Crippen MR) is 116 cm³/mol. The second-order valence-corrected chi connectivity index (χ2v) is 8.20. The van der Waals surface area contributed by atoms with Crippen LogP contribution in [0.4, 0.5) is 13.2 Å². The van der Waals surface area contributed by atoms with E-state index in [-0.39, 0.29) is 49.4 Å². The highest BCUT2D eigenvalue weighted by atomic mass is 35.5. The number of fused-ring (bicyclic) bond motifs is 1. The molecule has 1 unspecified atom stereocenters. The van der Waals surface area contributed by atoms with Crippen LogP contribution in [0.1, 0.15) is 31.2 Å². The van der Waals surface area contributed by atoms with Gasteiger partial charge in [0.15, 0.2) is 0 Å². The maximum Gasteiger partial charge on any atom is 0.389 e. The number of aliphatic hydroxyl groups is 2. The maximum absolute atomic E-state index is 13.0. The third-order valence-electron chi connectivity index (χ3n) is 5.10. The van der Waals surface area contributed by atoms with Crippen LogP contribution >= 0.6 is 11.6 Å². The molecule has 1 aromatic carbocycles. The SMILES string of the molecule is O=C(CCC(O)CO)Cc1cn(CCCC(F)(F)F)c2nc(-c3ccc(Cl)cc3)cn2c1=O. The summed E-state index contributed by atoms with van der Waals surface area (Å²) >= 11 is 5.91. The zero-order valence-electron chi connectivity index (χ0n) is 17.6. The van der Waals surface area contributed by atoms with Gasteiger partial charge in [-0.05, 0) is 25.0 Å². The fourth-order valence-corrected chi connectivity index (χ4v) is 3.52. The maximum atomic E-state index is 13.0. The van der Waals surface area contributed by atoms with E-state index < -0.39 is 30.9 Å². The molecule has 3 rings (SSSR count). The van der Waals surface area contributed by atoms with E-state index >= 15 is 0 Å². The van der Waals surface area contributed by atoms with Gasteiger partial charge in [-0.15, -0.1) is 0 Å². The Morgan fingerprint density at radius 2 is 1.88 bits per heavy atom. The van der Waals surface area contributed by atoms with Crippen LogP contribution in [0.3, 0.4) is 0 Å². The lowest BCUT2D eigenvalue weighted by Gasteiger charge is -2.12. The van der Waals surface area contributed by atoms with Gasteiger partial charge in [0, 0.05) is 54.4 Å². The van der Waals surface area contributed by atoms with Crippen LogP contribution in [0.5, 0.6) is 0 Å². The fraction of sp³-hybridized carbons (Fsp3) is 0.409. The van der Waals surface area contributed by atoms with Crippen LogP contribution in [0.25, 0.3) is 17.0 Å². The van der Waals surface area contributed by atoms with Crippen LogP contribution < -0.4 is 5.56 Å². The van der Waals surface area contributed by atoms with Gasteiger partial charge in [-0.1, -0.05) is 23.7 Å². The third-order valence-corrected chi connectivity index (χ3v) is 5.36. The molecular formula is C22H23ClF3N3O4.